The normalized spacial score (nSPS) is 11.4. The summed E-state index contributed by atoms with van der Waals surface area (Å²) in [6.07, 6.45) is 2.64. The first-order valence-electron chi connectivity index (χ1n) is 8.78. The molecular formula is C20H24N2O5. The highest BCUT2D eigenvalue weighted by Crippen LogP contribution is 2.06. The van der Waals surface area contributed by atoms with Crippen LogP contribution in [0.3, 0.4) is 0 Å². The molecule has 2 N–H and O–H groups in total. The van der Waals surface area contributed by atoms with Gasteiger partial charge in [-0.05, 0) is 24.1 Å². The summed E-state index contributed by atoms with van der Waals surface area (Å²) in [7, 11) is 1.29. The predicted octanol–water partition coefficient (Wildman–Crippen LogP) is 1.97. The minimum absolute atomic E-state index is 0.149. The van der Waals surface area contributed by atoms with E-state index in [1.807, 2.05) is 30.3 Å². The summed E-state index contributed by atoms with van der Waals surface area (Å²) < 4.78 is 9.90. The standard InChI is InChI=1S/C20H24N2O5/c1-26-20(25)17(13-15-7-3-2-4-8-15)22-19(24)11-5-10-18(23)21-14-16-9-6-12-27-16/h2-4,6-9,12,17H,5,10-11,13-14H2,1H3,(H,21,23)(H,22,24)/t17-/m0/s1. The molecule has 0 aliphatic carbocycles. The Balaban J connectivity index is 1.72. The van der Waals surface area contributed by atoms with E-state index in [9.17, 15) is 14.4 Å². The van der Waals surface area contributed by atoms with Gasteiger partial charge in [0.15, 0.2) is 0 Å². The van der Waals surface area contributed by atoms with Gasteiger partial charge in [0, 0.05) is 19.3 Å². The molecule has 0 bridgehead atoms. The second-order valence-corrected chi connectivity index (χ2v) is 6.04. The zero-order chi connectivity index (χ0) is 19.5. The van der Waals surface area contributed by atoms with Crippen molar-refractivity contribution in [2.45, 2.75) is 38.3 Å². The van der Waals surface area contributed by atoms with Gasteiger partial charge >= 0.3 is 5.97 Å². The Morgan fingerprint density at radius 2 is 1.78 bits per heavy atom. The third-order valence-corrected chi connectivity index (χ3v) is 3.95. The minimum atomic E-state index is -0.752. The van der Waals surface area contributed by atoms with Crippen LogP contribution in [-0.4, -0.2) is 30.9 Å². The lowest BCUT2D eigenvalue weighted by atomic mass is 10.1. The molecule has 27 heavy (non-hydrogen) atoms. The maximum Gasteiger partial charge on any atom is 0.328 e. The first-order chi connectivity index (χ1) is 13.1. The van der Waals surface area contributed by atoms with Gasteiger partial charge in [0.2, 0.25) is 11.8 Å². The van der Waals surface area contributed by atoms with Crippen LogP contribution in [0, 0.1) is 0 Å². The summed E-state index contributed by atoms with van der Waals surface area (Å²) in [6.45, 7) is 0.319. The van der Waals surface area contributed by atoms with Crippen LogP contribution in [0.2, 0.25) is 0 Å². The fourth-order valence-corrected chi connectivity index (χ4v) is 2.55. The molecule has 0 unspecified atom stereocenters. The molecule has 144 valence electrons. The Morgan fingerprint density at radius 1 is 1.04 bits per heavy atom. The maximum absolute atomic E-state index is 12.1. The summed E-state index contributed by atoms with van der Waals surface area (Å²) in [6, 6.07) is 12.1. The van der Waals surface area contributed by atoms with Crippen LogP contribution in [0.15, 0.2) is 53.1 Å². The van der Waals surface area contributed by atoms with Crippen LogP contribution in [-0.2, 0) is 32.1 Å². The number of hydrogen-bond donors (Lipinski definition) is 2. The number of furan rings is 1. The molecule has 0 aliphatic rings. The van der Waals surface area contributed by atoms with Crippen molar-refractivity contribution in [1.29, 1.82) is 0 Å². The lowest BCUT2D eigenvalue weighted by Crippen LogP contribution is -2.43. The van der Waals surface area contributed by atoms with Crippen molar-refractivity contribution in [2.75, 3.05) is 7.11 Å². The van der Waals surface area contributed by atoms with Crippen molar-refractivity contribution in [1.82, 2.24) is 10.6 Å². The average Bonchev–Trinajstić information content (AvgIpc) is 3.19. The molecule has 2 rings (SSSR count). The summed E-state index contributed by atoms with van der Waals surface area (Å²) in [5.74, 6) is -0.278. The number of hydrogen-bond acceptors (Lipinski definition) is 5. The van der Waals surface area contributed by atoms with Gasteiger partial charge in [0.05, 0.1) is 19.9 Å². The second-order valence-electron chi connectivity index (χ2n) is 6.04. The number of carbonyl (C=O) groups is 3. The van der Waals surface area contributed by atoms with Gasteiger partial charge in [0.1, 0.15) is 11.8 Å². The molecule has 1 aromatic heterocycles. The number of benzene rings is 1. The number of carbonyl (C=O) groups excluding carboxylic acids is 3. The van der Waals surface area contributed by atoms with Crippen molar-refractivity contribution in [3.8, 4) is 0 Å². The Bertz CT molecular complexity index is 728. The smallest absolute Gasteiger partial charge is 0.328 e. The second kappa shape index (κ2) is 10.8. The molecule has 0 saturated carbocycles. The highest BCUT2D eigenvalue weighted by molar-refractivity contribution is 5.85. The molecule has 0 radical (unpaired) electrons. The monoisotopic (exact) mass is 372 g/mol. The van der Waals surface area contributed by atoms with E-state index in [4.69, 9.17) is 9.15 Å². The number of esters is 1. The first-order valence-corrected chi connectivity index (χ1v) is 8.78. The zero-order valence-electron chi connectivity index (χ0n) is 15.3. The molecule has 2 amide bonds. The third-order valence-electron chi connectivity index (χ3n) is 3.95. The van der Waals surface area contributed by atoms with Gasteiger partial charge in [-0.2, -0.15) is 0 Å². The fourth-order valence-electron chi connectivity index (χ4n) is 2.55. The van der Waals surface area contributed by atoms with Crippen molar-refractivity contribution >= 4 is 17.8 Å². The third kappa shape index (κ3) is 7.35. The minimum Gasteiger partial charge on any atom is -0.467 e. The van der Waals surface area contributed by atoms with E-state index in [0.29, 0.717) is 25.1 Å². The molecule has 2 aromatic rings. The quantitative estimate of drug-likeness (QED) is 0.622. The molecule has 1 heterocycles. The van der Waals surface area contributed by atoms with E-state index in [0.717, 1.165) is 5.56 Å². The molecule has 0 fully saturated rings. The van der Waals surface area contributed by atoms with Crippen LogP contribution in [0.4, 0.5) is 0 Å². The predicted molar refractivity (Wildman–Crippen MR) is 98.5 cm³/mol. The zero-order valence-corrected chi connectivity index (χ0v) is 15.3. The number of nitrogens with one attached hydrogen (secondary N) is 2. The number of ether oxygens (including phenoxy) is 1. The lowest BCUT2D eigenvalue weighted by molar-refractivity contribution is -0.145. The summed E-state index contributed by atoms with van der Waals surface area (Å²) in [5.41, 5.74) is 0.922. The van der Waals surface area contributed by atoms with Crippen LogP contribution in [0.25, 0.3) is 0 Å². The van der Waals surface area contributed by atoms with E-state index in [1.54, 1.807) is 18.4 Å². The topological polar surface area (TPSA) is 97.6 Å². The van der Waals surface area contributed by atoms with Crippen molar-refractivity contribution in [2.24, 2.45) is 0 Å². The van der Waals surface area contributed by atoms with Gasteiger partial charge in [-0.1, -0.05) is 30.3 Å². The van der Waals surface area contributed by atoms with Gasteiger partial charge in [-0.25, -0.2) is 4.79 Å². The van der Waals surface area contributed by atoms with Crippen LogP contribution >= 0.6 is 0 Å². The molecule has 0 saturated heterocycles. The Hall–Kier alpha value is -3.09. The van der Waals surface area contributed by atoms with Gasteiger partial charge in [-0.3, -0.25) is 9.59 Å². The van der Waals surface area contributed by atoms with Crippen molar-refractivity contribution in [3.05, 3.63) is 60.1 Å². The van der Waals surface area contributed by atoms with Crippen LogP contribution in [0.1, 0.15) is 30.6 Å². The van der Waals surface area contributed by atoms with Crippen LogP contribution in [0.5, 0.6) is 0 Å². The molecule has 0 aliphatic heterocycles. The Labute approximate surface area is 158 Å². The Morgan fingerprint density at radius 3 is 2.44 bits per heavy atom. The lowest BCUT2D eigenvalue weighted by Gasteiger charge is -2.16. The summed E-state index contributed by atoms with van der Waals surface area (Å²) >= 11 is 0. The molecule has 7 nitrogen and oxygen atoms in total. The highest BCUT2D eigenvalue weighted by Gasteiger charge is 2.21. The molecule has 0 spiro atoms. The van der Waals surface area contributed by atoms with E-state index in [1.165, 1.54) is 7.11 Å². The Kier molecular flexibility index (Phi) is 8.09. The van der Waals surface area contributed by atoms with E-state index < -0.39 is 12.0 Å². The number of methoxy groups -OCH3 is 1. The van der Waals surface area contributed by atoms with Gasteiger partial charge < -0.3 is 19.8 Å². The number of amides is 2. The average molecular weight is 372 g/mol. The van der Waals surface area contributed by atoms with Gasteiger partial charge in [0.25, 0.3) is 0 Å². The SMILES string of the molecule is COC(=O)[C@H](Cc1ccccc1)NC(=O)CCCC(=O)NCc1ccco1. The largest absolute Gasteiger partial charge is 0.467 e. The van der Waals surface area contributed by atoms with Crippen molar-refractivity contribution < 1.29 is 23.5 Å². The van der Waals surface area contributed by atoms with E-state index in [-0.39, 0.29) is 24.7 Å². The summed E-state index contributed by atoms with van der Waals surface area (Å²) in [5, 5.41) is 5.41. The fraction of sp³-hybridized carbons (Fsp3) is 0.350. The molecule has 1 aromatic carbocycles. The van der Waals surface area contributed by atoms with Gasteiger partial charge in [-0.15, -0.1) is 0 Å². The molecule has 7 heteroatoms. The maximum atomic E-state index is 12.1. The number of rotatable bonds is 10. The van der Waals surface area contributed by atoms with E-state index >= 15 is 0 Å². The summed E-state index contributed by atoms with van der Waals surface area (Å²) in [4.78, 5) is 35.8. The highest BCUT2D eigenvalue weighted by atomic mass is 16.5. The molecule has 1 atom stereocenters. The van der Waals surface area contributed by atoms with E-state index in [2.05, 4.69) is 10.6 Å². The van der Waals surface area contributed by atoms with Crippen molar-refractivity contribution in [3.63, 3.8) is 0 Å². The van der Waals surface area contributed by atoms with Crippen LogP contribution < -0.4 is 10.6 Å². The first kappa shape index (κ1) is 20.2. The molecular weight excluding hydrogens is 348 g/mol.